The van der Waals surface area contributed by atoms with Crippen LogP contribution in [0.2, 0.25) is 0 Å². The van der Waals surface area contributed by atoms with Gasteiger partial charge in [-0.05, 0) is 37.5 Å². The van der Waals surface area contributed by atoms with Crippen LogP contribution in [-0.4, -0.2) is 28.4 Å². The first-order valence-corrected chi connectivity index (χ1v) is 7.17. The van der Waals surface area contributed by atoms with Crippen LogP contribution in [-0.2, 0) is 11.2 Å². The summed E-state index contributed by atoms with van der Waals surface area (Å²) in [6.45, 7) is 3.87. The van der Waals surface area contributed by atoms with Crippen molar-refractivity contribution in [2.75, 3.05) is 6.54 Å². The van der Waals surface area contributed by atoms with E-state index in [1.165, 1.54) is 4.90 Å². The Labute approximate surface area is 128 Å². The van der Waals surface area contributed by atoms with Crippen molar-refractivity contribution < 1.29 is 19.1 Å². The second-order valence-electron chi connectivity index (χ2n) is 5.52. The van der Waals surface area contributed by atoms with Crippen LogP contribution in [0.25, 0.3) is 0 Å². The number of carboxylic acids is 1. The Morgan fingerprint density at radius 2 is 2.00 bits per heavy atom. The topological polar surface area (TPSA) is 70.8 Å². The van der Waals surface area contributed by atoms with Crippen molar-refractivity contribution in [2.24, 2.45) is 0 Å². The Bertz CT molecular complexity index is 747. The van der Waals surface area contributed by atoms with Crippen LogP contribution in [0, 0.1) is 13.8 Å². The van der Waals surface area contributed by atoms with Gasteiger partial charge < -0.3 is 14.4 Å². The first-order chi connectivity index (χ1) is 10.5. The average molecular weight is 299 g/mol. The summed E-state index contributed by atoms with van der Waals surface area (Å²) >= 11 is 0. The lowest BCUT2D eigenvalue weighted by Crippen LogP contribution is -2.43. The Morgan fingerprint density at radius 3 is 2.64 bits per heavy atom. The zero-order valence-corrected chi connectivity index (χ0v) is 12.5. The maximum atomic E-state index is 12.8. The number of hydrogen-bond acceptors (Lipinski definition) is 3. The molecule has 5 heteroatoms. The molecule has 1 aromatic heterocycles. The third kappa shape index (κ3) is 2.28. The van der Waals surface area contributed by atoms with Crippen LogP contribution in [0.15, 0.2) is 34.7 Å². The zero-order valence-electron chi connectivity index (χ0n) is 12.5. The molecular weight excluding hydrogens is 282 g/mol. The average Bonchev–Trinajstić information content (AvgIpc) is 2.83. The van der Waals surface area contributed by atoms with Crippen LogP contribution >= 0.6 is 0 Å². The fraction of sp³-hybridized carbons (Fsp3) is 0.294. The van der Waals surface area contributed by atoms with Gasteiger partial charge in [-0.3, -0.25) is 4.79 Å². The summed E-state index contributed by atoms with van der Waals surface area (Å²) in [7, 11) is 0. The summed E-state index contributed by atoms with van der Waals surface area (Å²) in [6.07, 6.45) is 0.654. The molecule has 1 aliphatic rings. The molecule has 0 aliphatic carbocycles. The summed E-state index contributed by atoms with van der Waals surface area (Å²) < 4.78 is 5.40. The van der Waals surface area contributed by atoms with Crippen LogP contribution in [0.5, 0.6) is 0 Å². The Morgan fingerprint density at radius 1 is 1.27 bits per heavy atom. The van der Waals surface area contributed by atoms with E-state index in [2.05, 4.69) is 0 Å². The number of aryl methyl sites for hydroxylation is 2. The van der Waals surface area contributed by atoms with E-state index in [0.717, 1.165) is 5.56 Å². The highest BCUT2D eigenvalue weighted by Gasteiger charge is 2.37. The lowest BCUT2D eigenvalue weighted by molar-refractivity contribution is -0.143. The molecule has 5 nitrogen and oxygen atoms in total. The Kier molecular flexibility index (Phi) is 3.48. The number of amides is 1. The maximum Gasteiger partial charge on any atom is 0.331 e. The van der Waals surface area contributed by atoms with Gasteiger partial charge >= 0.3 is 5.97 Å². The number of rotatable bonds is 2. The predicted molar refractivity (Wildman–Crippen MR) is 79.7 cm³/mol. The Hall–Kier alpha value is -2.56. The molecule has 0 fully saturated rings. The fourth-order valence-electron chi connectivity index (χ4n) is 3.05. The van der Waals surface area contributed by atoms with Crippen LogP contribution < -0.4 is 0 Å². The van der Waals surface area contributed by atoms with Crippen molar-refractivity contribution in [1.29, 1.82) is 0 Å². The molecule has 0 saturated heterocycles. The maximum absolute atomic E-state index is 12.8. The lowest BCUT2D eigenvalue weighted by atomic mass is 9.92. The quantitative estimate of drug-likeness (QED) is 0.925. The van der Waals surface area contributed by atoms with Gasteiger partial charge in [-0.1, -0.05) is 24.3 Å². The monoisotopic (exact) mass is 299 g/mol. The molecule has 114 valence electrons. The largest absolute Gasteiger partial charge is 0.479 e. The molecule has 1 aliphatic heterocycles. The summed E-state index contributed by atoms with van der Waals surface area (Å²) in [5, 5.41) is 9.61. The smallest absolute Gasteiger partial charge is 0.331 e. The fourth-order valence-corrected chi connectivity index (χ4v) is 3.05. The second-order valence-corrected chi connectivity index (χ2v) is 5.52. The number of nitrogens with zero attached hydrogens (tertiary/aromatic N) is 1. The van der Waals surface area contributed by atoms with E-state index >= 15 is 0 Å². The third-order valence-electron chi connectivity index (χ3n) is 4.05. The van der Waals surface area contributed by atoms with E-state index in [9.17, 15) is 14.7 Å². The molecule has 0 radical (unpaired) electrons. The molecule has 1 aromatic carbocycles. The third-order valence-corrected chi connectivity index (χ3v) is 4.05. The van der Waals surface area contributed by atoms with Crippen molar-refractivity contribution in [3.8, 4) is 0 Å². The van der Waals surface area contributed by atoms with Crippen LogP contribution in [0.3, 0.4) is 0 Å². The SMILES string of the molecule is Cc1cc(C(=O)N2CCc3ccccc3C2C(=O)O)c(C)o1. The summed E-state index contributed by atoms with van der Waals surface area (Å²) in [6, 6.07) is 8.10. The second kappa shape index (κ2) is 5.33. The van der Waals surface area contributed by atoms with E-state index in [1.807, 2.05) is 12.1 Å². The number of fused-ring (bicyclic) bond motifs is 1. The molecule has 1 amide bonds. The molecule has 2 heterocycles. The number of carbonyl (C=O) groups is 2. The Balaban J connectivity index is 2.02. The molecule has 0 bridgehead atoms. The number of furan rings is 1. The van der Waals surface area contributed by atoms with Crippen molar-refractivity contribution in [3.63, 3.8) is 0 Å². The lowest BCUT2D eigenvalue weighted by Gasteiger charge is -2.34. The standard InChI is InChI=1S/C17H17NO4/c1-10-9-14(11(2)22-10)16(19)18-8-7-12-5-3-4-6-13(12)15(18)17(20)21/h3-6,9,15H,7-8H2,1-2H3,(H,20,21). The normalized spacial score (nSPS) is 17.2. The number of hydrogen-bond donors (Lipinski definition) is 1. The first kappa shape index (κ1) is 14.4. The molecule has 2 aromatic rings. The predicted octanol–water partition coefficient (Wildman–Crippen LogP) is 2.72. The van der Waals surface area contributed by atoms with Gasteiger partial charge in [-0.25, -0.2) is 4.79 Å². The highest BCUT2D eigenvalue weighted by Crippen LogP contribution is 2.32. The molecule has 1 N–H and O–H groups in total. The van der Waals surface area contributed by atoms with Crippen molar-refractivity contribution in [2.45, 2.75) is 26.3 Å². The van der Waals surface area contributed by atoms with Gasteiger partial charge in [-0.2, -0.15) is 0 Å². The van der Waals surface area contributed by atoms with Crippen molar-refractivity contribution in [1.82, 2.24) is 4.90 Å². The highest BCUT2D eigenvalue weighted by molar-refractivity contribution is 5.98. The van der Waals surface area contributed by atoms with Crippen LogP contribution in [0.4, 0.5) is 0 Å². The molecule has 3 rings (SSSR count). The van der Waals surface area contributed by atoms with Gasteiger partial charge in [0.15, 0.2) is 6.04 Å². The van der Waals surface area contributed by atoms with Gasteiger partial charge in [0.25, 0.3) is 5.91 Å². The van der Waals surface area contributed by atoms with E-state index in [0.29, 0.717) is 35.6 Å². The van der Waals surface area contributed by atoms with Gasteiger partial charge in [-0.15, -0.1) is 0 Å². The van der Waals surface area contributed by atoms with Crippen LogP contribution in [0.1, 0.15) is 39.0 Å². The molecule has 1 unspecified atom stereocenters. The van der Waals surface area contributed by atoms with Gasteiger partial charge in [0.2, 0.25) is 0 Å². The zero-order chi connectivity index (χ0) is 15.9. The van der Waals surface area contributed by atoms with Gasteiger partial charge in [0.05, 0.1) is 5.56 Å². The van der Waals surface area contributed by atoms with E-state index in [1.54, 1.807) is 32.0 Å². The number of carbonyl (C=O) groups excluding carboxylic acids is 1. The number of aliphatic carboxylic acids is 1. The minimum Gasteiger partial charge on any atom is -0.479 e. The molecular formula is C17H17NO4. The molecule has 0 saturated carbocycles. The minimum absolute atomic E-state index is 0.295. The molecule has 0 spiro atoms. The highest BCUT2D eigenvalue weighted by atomic mass is 16.4. The summed E-state index contributed by atoms with van der Waals surface area (Å²) in [5.74, 6) is -0.148. The molecule has 22 heavy (non-hydrogen) atoms. The van der Waals surface area contributed by atoms with Gasteiger partial charge in [0.1, 0.15) is 11.5 Å². The number of carboxylic acid groups (broad SMARTS) is 1. The number of benzene rings is 1. The van der Waals surface area contributed by atoms with E-state index in [-0.39, 0.29) is 5.91 Å². The van der Waals surface area contributed by atoms with Crippen molar-refractivity contribution in [3.05, 3.63) is 58.5 Å². The van der Waals surface area contributed by atoms with E-state index < -0.39 is 12.0 Å². The minimum atomic E-state index is -1.02. The molecule has 1 atom stereocenters. The van der Waals surface area contributed by atoms with Gasteiger partial charge in [0, 0.05) is 6.54 Å². The van der Waals surface area contributed by atoms with Crippen molar-refractivity contribution >= 4 is 11.9 Å². The summed E-state index contributed by atoms with van der Waals surface area (Å²) in [5.41, 5.74) is 2.11. The first-order valence-electron chi connectivity index (χ1n) is 7.17. The summed E-state index contributed by atoms with van der Waals surface area (Å²) in [4.78, 5) is 25.9. The van der Waals surface area contributed by atoms with E-state index in [4.69, 9.17) is 4.42 Å².